The summed E-state index contributed by atoms with van der Waals surface area (Å²) in [6, 6.07) is 8.63. The van der Waals surface area contributed by atoms with Gasteiger partial charge in [0, 0.05) is 0 Å². The molecule has 21 heavy (non-hydrogen) atoms. The van der Waals surface area contributed by atoms with Gasteiger partial charge in [0.05, 0.1) is 11.6 Å². The fraction of sp³-hybridized carbons (Fsp3) is 0.684. The van der Waals surface area contributed by atoms with Gasteiger partial charge >= 0.3 is 0 Å². The number of aliphatic hydroxyl groups is 1. The van der Waals surface area contributed by atoms with Crippen LogP contribution in [0, 0.1) is 0 Å². The quantitative estimate of drug-likeness (QED) is 0.807. The minimum absolute atomic E-state index is 0.0945. The Morgan fingerprint density at radius 3 is 2.10 bits per heavy atom. The first kappa shape index (κ1) is 16.5. The lowest BCUT2D eigenvalue weighted by atomic mass is 9.81. The third-order valence-corrected chi connectivity index (χ3v) is 5.30. The highest BCUT2D eigenvalue weighted by Crippen LogP contribution is 2.39. The number of hydrogen-bond acceptors (Lipinski definition) is 2. The summed E-state index contributed by atoms with van der Waals surface area (Å²) in [4.78, 5) is 2.53. The van der Waals surface area contributed by atoms with Gasteiger partial charge in [0.2, 0.25) is 0 Å². The van der Waals surface area contributed by atoms with E-state index in [0.717, 1.165) is 37.9 Å². The molecule has 1 saturated heterocycles. The van der Waals surface area contributed by atoms with Crippen molar-refractivity contribution in [3.8, 4) is 0 Å². The van der Waals surface area contributed by atoms with Crippen LogP contribution in [0.1, 0.15) is 70.1 Å². The van der Waals surface area contributed by atoms with Gasteiger partial charge in [-0.15, -0.1) is 0 Å². The van der Waals surface area contributed by atoms with Crippen LogP contribution in [0.25, 0.3) is 0 Å². The van der Waals surface area contributed by atoms with Crippen LogP contribution in [-0.4, -0.2) is 28.6 Å². The number of aryl methyl sites for hydroxylation is 1. The topological polar surface area (TPSA) is 23.5 Å². The molecule has 1 atom stereocenters. The highest BCUT2D eigenvalue weighted by Gasteiger charge is 2.41. The van der Waals surface area contributed by atoms with E-state index in [4.69, 9.17) is 0 Å². The molecule has 0 bridgehead atoms. The van der Waals surface area contributed by atoms with Crippen LogP contribution in [0.5, 0.6) is 0 Å². The van der Waals surface area contributed by atoms with Crippen LogP contribution in [0.2, 0.25) is 0 Å². The average molecular weight is 289 g/mol. The van der Waals surface area contributed by atoms with E-state index in [1.54, 1.807) is 0 Å². The van der Waals surface area contributed by atoms with Crippen LogP contribution >= 0.6 is 0 Å². The number of rotatable bonds is 7. The molecule has 1 unspecified atom stereocenters. The van der Waals surface area contributed by atoms with Gasteiger partial charge in [-0.05, 0) is 56.3 Å². The van der Waals surface area contributed by atoms with Crippen molar-refractivity contribution < 1.29 is 5.11 Å². The van der Waals surface area contributed by atoms with Gasteiger partial charge in [0.15, 0.2) is 0 Å². The molecule has 0 saturated carbocycles. The average Bonchev–Trinajstić information content (AvgIpc) is 3.05. The Balaban J connectivity index is 2.22. The highest BCUT2D eigenvalue weighted by molar-refractivity contribution is 5.27. The molecule has 1 aromatic rings. The van der Waals surface area contributed by atoms with E-state index >= 15 is 0 Å². The lowest BCUT2D eigenvalue weighted by molar-refractivity contribution is -0.0295. The highest BCUT2D eigenvalue weighted by atomic mass is 16.3. The number of aliphatic hydroxyl groups excluding tert-OH is 1. The fourth-order valence-electron chi connectivity index (χ4n) is 3.88. The van der Waals surface area contributed by atoms with Crippen LogP contribution in [-0.2, 0) is 6.42 Å². The third-order valence-electron chi connectivity index (χ3n) is 5.30. The van der Waals surface area contributed by atoms with Crippen LogP contribution < -0.4 is 0 Å². The second-order valence-electron chi connectivity index (χ2n) is 6.40. The molecule has 0 radical (unpaired) electrons. The van der Waals surface area contributed by atoms with E-state index in [-0.39, 0.29) is 11.6 Å². The maximum absolute atomic E-state index is 11.1. The molecule has 0 amide bonds. The first-order chi connectivity index (χ1) is 10.2. The van der Waals surface area contributed by atoms with Crippen molar-refractivity contribution in [3.63, 3.8) is 0 Å². The lowest BCUT2D eigenvalue weighted by Gasteiger charge is -2.44. The van der Waals surface area contributed by atoms with Crippen LogP contribution in [0.3, 0.4) is 0 Å². The van der Waals surface area contributed by atoms with Crippen molar-refractivity contribution in [2.45, 2.75) is 70.9 Å². The molecular weight excluding hydrogens is 258 g/mol. The molecule has 0 aromatic heterocycles. The molecule has 118 valence electrons. The fourth-order valence-corrected chi connectivity index (χ4v) is 3.88. The number of benzene rings is 1. The molecule has 2 rings (SSSR count). The van der Waals surface area contributed by atoms with Gasteiger partial charge < -0.3 is 5.11 Å². The number of nitrogens with zero attached hydrogens (tertiary/aromatic N) is 1. The molecular formula is C19H31NO. The minimum Gasteiger partial charge on any atom is -0.386 e. The molecule has 1 aromatic carbocycles. The summed E-state index contributed by atoms with van der Waals surface area (Å²) >= 11 is 0. The second-order valence-corrected chi connectivity index (χ2v) is 6.40. The van der Waals surface area contributed by atoms with Crippen molar-refractivity contribution in [2.75, 3.05) is 13.1 Å². The molecule has 1 fully saturated rings. The standard InChI is InChI=1S/C19H31NO/c1-4-9-16-10-12-17(13-11-16)18(21)19(5-2,6-3)20-14-7-8-15-20/h10-13,18,21H,4-9,14-15H2,1-3H3. The zero-order valence-electron chi connectivity index (χ0n) is 13.9. The largest absolute Gasteiger partial charge is 0.386 e. The number of hydrogen-bond donors (Lipinski definition) is 1. The lowest BCUT2D eigenvalue weighted by Crippen LogP contribution is -2.51. The van der Waals surface area contributed by atoms with Crippen molar-refractivity contribution in [2.24, 2.45) is 0 Å². The monoisotopic (exact) mass is 289 g/mol. The summed E-state index contributed by atoms with van der Waals surface area (Å²) in [6.45, 7) is 8.90. The SMILES string of the molecule is CCCc1ccc(C(O)C(CC)(CC)N2CCCC2)cc1. The second kappa shape index (κ2) is 7.42. The summed E-state index contributed by atoms with van der Waals surface area (Å²) in [5, 5.41) is 11.1. The van der Waals surface area contributed by atoms with Crippen molar-refractivity contribution in [1.29, 1.82) is 0 Å². The maximum Gasteiger partial charge on any atom is 0.0973 e. The normalized spacial score (nSPS) is 18.1. The van der Waals surface area contributed by atoms with Crippen LogP contribution in [0.4, 0.5) is 0 Å². The first-order valence-electron chi connectivity index (χ1n) is 8.69. The van der Waals surface area contributed by atoms with E-state index < -0.39 is 0 Å². The zero-order chi connectivity index (χ0) is 15.3. The Bertz CT molecular complexity index is 416. The summed E-state index contributed by atoms with van der Waals surface area (Å²) in [7, 11) is 0. The summed E-state index contributed by atoms with van der Waals surface area (Å²) in [5.41, 5.74) is 2.35. The molecule has 2 nitrogen and oxygen atoms in total. The molecule has 2 heteroatoms. The van der Waals surface area contributed by atoms with Crippen molar-refractivity contribution in [3.05, 3.63) is 35.4 Å². The minimum atomic E-state index is -0.388. The van der Waals surface area contributed by atoms with Gasteiger partial charge in [0.1, 0.15) is 0 Å². The van der Waals surface area contributed by atoms with Gasteiger partial charge in [-0.25, -0.2) is 0 Å². The Kier molecular flexibility index (Phi) is 5.83. The summed E-state index contributed by atoms with van der Waals surface area (Å²) in [5.74, 6) is 0. The van der Waals surface area contributed by atoms with E-state index in [9.17, 15) is 5.11 Å². The van der Waals surface area contributed by atoms with Crippen molar-refractivity contribution in [1.82, 2.24) is 4.90 Å². The van der Waals surface area contributed by atoms with E-state index in [1.807, 2.05) is 0 Å². The molecule has 1 aliphatic heterocycles. The molecule has 0 spiro atoms. The smallest absolute Gasteiger partial charge is 0.0973 e. The van der Waals surface area contributed by atoms with E-state index in [0.29, 0.717) is 0 Å². The molecule has 1 N–H and O–H groups in total. The maximum atomic E-state index is 11.1. The summed E-state index contributed by atoms with van der Waals surface area (Å²) in [6.07, 6.45) is 6.44. The molecule has 1 aliphatic rings. The molecule has 1 heterocycles. The Labute approximate surface area is 130 Å². The van der Waals surface area contributed by atoms with Gasteiger partial charge in [-0.3, -0.25) is 4.90 Å². The van der Waals surface area contributed by atoms with E-state index in [2.05, 4.69) is 49.9 Å². The molecule has 0 aliphatic carbocycles. The van der Waals surface area contributed by atoms with E-state index in [1.165, 1.54) is 24.8 Å². The number of likely N-dealkylation sites (tertiary alicyclic amines) is 1. The van der Waals surface area contributed by atoms with Crippen LogP contribution in [0.15, 0.2) is 24.3 Å². The summed E-state index contributed by atoms with van der Waals surface area (Å²) < 4.78 is 0. The van der Waals surface area contributed by atoms with Gasteiger partial charge in [0.25, 0.3) is 0 Å². The van der Waals surface area contributed by atoms with Crippen molar-refractivity contribution >= 4 is 0 Å². The Morgan fingerprint density at radius 2 is 1.62 bits per heavy atom. The predicted octanol–water partition coefficient (Wildman–Crippen LogP) is 4.33. The third kappa shape index (κ3) is 3.32. The predicted molar refractivity (Wildman–Crippen MR) is 89.5 cm³/mol. The zero-order valence-corrected chi connectivity index (χ0v) is 13.9. The Morgan fingerprint density at radius 1 is 1.05 bits per heavy atom. The van der Waals surface area contributed by atoms with Gasteiger partial charge in [-0.1, -0.05) is 51.5 Å². The van der Waals surface area contributed by atoms with Gasteiger partial charge in [-0.2, -0.15) is 0 Å². The first-order valence-corrected chi connectivity index (χ1v) is 8.69. The Hall–Kier alpha value is -0.860.